The minimum Gasteiger partial charge on any atom is -0.461 e. The third kappa shape index (κ3) is 5.17. The van der Waals surface area contributed by atoms with Crippen LogP contribution < -0.4 is 5.32 Å². The molecule has 7 nitrogen and oxygen atoms in total. The highest BCUT2D eigenvalue weighted by molar-refractivity contribution is 7.11. The van der Waals surface area contributed by atoms with E-state index in [1.54, 1.807) is 14.0 Å². The number of carbonyl (C=O) groups excluding carboxylic acids is 2. The summed E-state index contributed by atoms with van der Waals surface area (Å²) in [6.45, 7) is 9.89. The van der Waals surface area contributed by atoms with Gasteiger partial charge in [-0.3, -0.25) is 4.79 Å². The van der Waals surface area contributed by atoms with Crippen LogP contribution >= 0.6 is 11.3 Å². The zero-order valence-corrected chi connectivity index (χ0v) is 17.3. The van der Waals surface area contributed by atoms with E-state index in [2.05, 4.69) is 28.7 Å². The minimum absolute atomic E-state index is 0.144. The van der Waals surface area contributed by atoms with E-state index in [9.17, 15) is 9.59 Å². The van der Waals surface area contributed by atoms with Crippen LogP contribution in [0.25, 0.3) is 11.4 Å². The zero-order chi connectivity index (χ0) is 20.0. The van der Waals surface area contributed by atoms with Crippen LogP contribution in [-0.2, 0) is 16.0 Å². The third-order valence-corrected chi connectivity index (χ3v) is 4.79. The summed E-state index contributed by atoms with van der Waals surface area (Å²) in [5.41, 5.74) is 2.97. The van der Waals surface area contributed by atoms with E-state index in [-0.39, 0.29) is 5.91 Å². The lowest BCUT2D eigenvalue weighted by Crippen LogP contribution is -2.27. The second-order valence-electron chi connectivity index (χ2n) is 6.54. The average Bonchev–Trinajstić information content (AvgIpc) is 3.21. The predicted molar refractivity (Wildman–Crippen MR) is 105 cm³/mol. The highest BCUT2D eigenvalue weighted by Crippen LogP contribution is 2.28. The lowest BCUT2D eigenvalue weighted by atomic mass is 10.2. The molecule has 0 fully saturated rings. The van der Waals surface area contributed by atoms with Crippen LogP contribution in [0.15, 0.2) is 11.4 Å². The number of aromatic nitrogens is 2. The van der Waals surface area contributed by atoms with E-state index >= 15 is 0 Å². The van der Waals surface area contributed by atoms with Crippen molar-refractivity contribution < 1.29 is 19.1 Å². The molecule has 2 rings (SSSR count). The topological polar surface area (TPSA) is 82.4 Å². The molecular formula is C19H27N3O4S. The summed E-state index contributed by atoms with van der Waals surface area (Å²) in [5.74, 6) is -0.179. The molecule has 2 heterocycles. The van der Waals surface area contributed by atoms with Gasteiger partial charge in [-0.05, 0) is 25.8 Å². The van der Waals surface area contributed by atoms with Crippen molar-refractivity contribution in [3.8, 4) is 11.4 Å². The second kappa shape index (κ2) is 9.66. The van der Waals surface area contributed by atoms with Gasteiger partial charge in [0, 0.05) is 31.3 Å². The van der Waals surface area contributed by atoms with E-state index in [1.165, 1.54) is 11.3 Å². The van der Waals surface area contributed by atoms with Crippen LogP contribution in [-0.4, -0.2) is 48.3 Å². The first-order chi connectivity index (χ1) is 12.9. The van der Waals surface area contributed by atoms with Gasteiger partial charge in [0.05, 0.1) is 30.2 Å². The standard InChI is InChI=1S/C19H27N3O4S/c1-6-26-19(24)18-21-15(11-27-18)16-9-14(17(23)20-7-8-25-5)13(4)22(16)10-12(2)3/h9,11-12H,6-8,10H2,1-5H3,(H,20,23). The molecule has 0 aromatic carbocycles. The number of amides is 1. The monoisotopic (exact) mass is 393 g/mol. The Balaban J connectivity index is 2.38. The molecule has 0 radical (unpaired) electrons. The van der Waals surface area contributed by atoms with Crippen molar-refractivity contribution in [3.63, 3.8) is 0 Å². The van der Waals surface area contributed by atoms with Crippen molar-refractivity contribution in [1.82, 2.24) is 14.9 Å². The summed E-state index contributed by atoms with van der Waals surface area (Å²) in [6.07, 6.45) is 0. The van der Waals surface area contributed by atoms with Crippen LogP contribution in [0, 0.1) is 12.8 Å². The maximum absolute atomic E-state index is 12.5. The molecule has 148 valence electrons. The molecule has 0 saturated carbocycles. The summed E-state index contributed by atoms with van der Waals surface area (Å²) in [5, 5.41) is 4.99. The normalized spacial score (nSPS) is 11.0. The first-order valence-corrected chi connectivity index (χ1v) is 9.87. The van der Waals surface area contributed by atoms with Crippen molar-refractivity contribution in [2.45, 2.75) is 34.2 Å². The largest absolute Gasteiger partial charge is 0.461 e. The molecule has 0 atom stereocenters. The first kappa shape index (κ1) is 21.1. The number of esters is 1. The summed E-state index contributed by atoms with van der Waals surface area (Å²) >= 11 is 1.24. The molecule has 1 amide bonds. The lowest BCUT2D eigenvalue weighted by Gasteiger charge is -2.13. The van der Waals surface area contributed by atoms with Crippen LogP contribution in [0.1, 0.15) is 46.6 Å². The van der Waals surface area contributed by atoms with Gasteiger partial charge in [0.15, 0.2) is 0 Å². The van der Waals surface area contributed by atoms with Crippen LogP contribution in [0.4, 0.5) is 0 Å². The van der Waals surface area contributed by atoms with Gasteiger partial charge < -0.3 is 19.4 Å². The number of thiazole rings is 1. The molecule has 8 heteroatoms. The van der Waals surface area contributed by atoms with Gasteiger partial charge in [-0.15, -0.1) is 11.3 Å². The Kier molecular flexibility index (Phi) is 7.55. The smallest absolute Gasteiger partial charge is 0.367 e. The molecule has 2 aromatic heterocycles. The Morgan fingerprint density at radius 3 is 2.74 bits per heavy atom. The fourth-order valence-corrected chi connectivity index (χ4v) is 3.43. The Bertz CT molecular complexity index is 795. The molecule has 0 unspecified atom stereocenters. The molecule has 0 aliphatic rings. The molecular weight excluding hydrogens is 366 g/mol. The molecule has 0 saturated heterocycles. The number of hydrogen-bond donors (Lipinski definition) is 1. The summed E-state index contributed by atoms with van der Waals surface area (Å²) in [7, 11) is 1.60. The van der Waals surface area contributed by atoms with E-state index in [0.717, 1.165) is 17.9 Å². The summed E-state index contributed by atoms with van der Waals surface area (Å²) < 4.78 is 12.1. The van der Waals surface area contributed by atoms with Gasteiger partial charge in [0.25, 0.3) is 5.91 Å². The van der Waals surface area contributed by atoms with E-state index < -0.39 is 5.97 Å². The Morgan fingerprint density at radius 1 is 1.37 bits per heavy atom. The third-order valence-electron chi connectivity index (χ3n) is 3.97. The Hall–Kier alpha value is -2.19. The SMILES string of the molecule is CCOC(=O)c1nc(-c2cc(C(=O)NCCOC)c(C)n2CC(C)C)cs1. The Labute approximate surface area is 163 Å². The molecule has 2 aromatic rings. The van der Waals surface area contributed by atoms with Crippen molar-refractivity contribution in [3.05, 3.63) is 27.7 Å². The van der Waals surface area contributed by atoms with Gasteiger partial charge in [-0.1, -0.05) is 13.8 Å². The van der Waals surface area contributed by atoms with Gasteiger partial charge >= 0.3 is 5.97 Å². The number of rotatable bonds is 9. The van der Waals surface area contributed by atoms with Gasteiger partial charge in [0.1, 0.15) is 0 Å². The number of carbonyl (C=O) groups is 2. The van der Waals surface area contributed by atoms with Crippen LogP contribution in [0.2, 0.25) is 0 Å². The fraction of sp³-hybridized carbons (Fsp3) is 0.526. The number of methoxy groups -OCH3 is 1. The van der Waals surface area contributed by atoms with Crippen LogP contribution in [0.3, 0.4) is 0 Å². The number of nitrogens with one attached hydrogen (secondary N) is 1. The lowest BCUT2D eigenvalue weighted by molar-refractivity contribution is 0.0526. The number of nitrogens with zero attached hydrogens (tertiary/aromatic N) is 2. The van der Waals surface area contributed by atoms with Crippen molar-refractivity contribution in [2.24, 2.45) is 5.92 Å². The maximum Gasteiger partial charge on any atom is 0.367 e. The maximum atomic E-state index is 12.5. The van der Waals surface area contributed by atoms with Crippen LogP contribution in [0.5, 0.6) is 0 Å². The minimum atomic E-state index is -0.426. The van der Waals surface area contributed by atoms with E-state index in [1.807, 2.05) is 18.4 Å². The zero-order valence-electron chi connectivity index (χ0n) is 16.5. The van der Waals surface area contributed by atoms with Gasteiger partial charge in [-0.2, -0.15) is 0 Å². The molecule has 0 bridgehead atoms. The summed E-state index contributed by atoms with van der Waals surface area (Å²) in [6, 6.07) is 1.84. The van der Waals surface area contributed by atoms with E-state index in [0.29, 0.717) is 41.9 Å². The second-order valence-corrected chi connectivity index (χ2v) is 7.40. The summed E-state index contributed by atoms with van der Waals surface area (Å²) in [4.78, 5) is 28.9. The average molecular weight is 394 g/mol. The fourth-order valence-electron chi connectivity index (χ4n) is 2.73. The highest BCUT2D eigenvalue weighted by Gasteiger charge is 2.21. The highest BCUT2D eigenvalue weighted by atomic mass is 32.1. The quantitative estimate of drug-likeness (QED) is 0.523. The molecule has 1 N–H and O–H groups in total. The molecule has 0 aliphatic heterocycles. The first-order valence-electron chi connectivity index (χ1n) is 8.99. The van der Waals surface area contributed by atoms with Gasteiger partial charge in [-0.25, -0.2) is 9.78 Å². The molecule has 0 spiro atoms. The molecule has 27 heavy (non-hydrogen) atoms. The van der Waals surface area contributed by atoms with E-state index in [4.69, 9.17) is 9.47 Å². The number of ether oxygens (including phenoxy) is 2. The van der Waals surface area contributed by atoms with Gasteiger partial charge in [0.2, 0.25) is 5.01 Å². The van der Waals surface area contributed by atoms with Crippen molar-refractivity contribution in [2.75, 3.05) is 26.9 Å². The Morgan fingerprint density at radius 2 is 2.11 bits per heavy atom. The molecule has 0 aliphatic carbocycles. The van der Waals surface area contributed by atoms with Crippen molar-refractivity contribution in [1.29, 1.82) is 0 Å². The predicted octanol–water partition coefficient (Wildman–Crippen LogP) is 3.13. The van der Waals surface area contributed by atoms with Crippen molar-refractivity contribution >= 4 is 23.2 Å². The number of hydrogen-bond acceptors (Lipinski definition) is 6.